The summed E-state index contributed by atoms with van der Waals surface area (Å²) in [7, 11) is 0. The van der Waals surface area contributed by atoms with E-state index in [1.54, 1.807) is 0 Å². The summed E-state index contributed by atoms with van der Waals surface area (Å²) in [5, 5.41) is 6.67. The molecule has 0 aliphatic heterocycles. The molecule has 0 aromatic heterocycles. The molecule has 1 aliphatic carbocycles. The largest absolute Gasteiger partial charge is 0.382 e. The lowest BCUT2D eigenvalue weighted by Crippen LogP contribution is -2.23. The third-order valence-electron chi connectivity index (χ3n) is 6.56. The number of carbonyl (C=O) groups excluding carboxylic acids is 1. The zero-order valence-corrected chi connectivity index (χ0v) is 19.9. The molecule has 0 unspecified atom stereocenters. The molecule has 1 saturated carbocycles. The van der Waals surface area contributed by atoms with Crippen LogP contribution in [0.4, 0.5) is 5.69 Å². The molecular formula is C30H34N2O. The number of aryl methyl sites for hydroxylation is 2. The standard InChI is InChI=1S/C30H34N2O/c1-21-19-29(25-13-15-28(16-14-25)32-27-11-7-8-12-27)22(2)17-26(21)18-23(3)30(33)31-20-24-9-5-4-6-10-24/h4-6,9-10,13-19,27,32H,7-8,11-12,20H2,1-3H3,(H,31,33). The highest BCUT2D eigenvalue weighted by Gasteiger charge is 2.14. The average molecular weight is 439 g/mol. The van der Waals surface area contributed by atoms with E-state index in [-0.39, 0.29) is 5.91 Å². The van der Waals surface area contributed by atoms with Gasteiger partial charge in [-0.2, -0.15) is 0 Å². The van der Waals surface area contributed by atoms with Crippen molar-refractivity contribution in [1.29, 1.82) is 0 Å². The van der Waals surface area contributed by atoms with E-state index >= 15 is 0 Å². The minimum absolute atomic E-state index is 0.0367. The maximum atomic E-state index is 12.6. The summed E-state index contributed by atoms with van der Waals surface area (Å²) in [5.74, 6) is -0.0367. The molecule has 0 radical (unpaired) electrons. The second kappa shape index (κ2) is 10.5. The van der Waals surface area contributed by atoms with Gasteiger partial charge in [-0.15, -0.1) is 0 Å². The van der Waals surface area contributed by atoms with E-state index in [0.29, 0.717) is 18.2 Å². The first-order valence-corrected chi connectivity index (χ1v) is 12.0. The number of nitrogens with one attached hydrogen (secondary N) is 2. The van der Waals surface area contributed by atoms with Crippen molar-refractivity contribution in [3.05, 3.63) is 94.6 Å². The van der Waals surface area contributed by atoms with Crippen LogP contribution in [0.25, 0.3) is 17.2 Å². The molecule has 3 aromatic rings. The Kier molecular flexibility index (Phi) is 7.29. The van der Waals surface area contributed by atoms with Crippen LogP contribution in [0.15, 0.2) is 72.3 Å². The van der Waals surface area contributed by atoms with E-state index in [4.69, 9.17) is 0 Å². The van der Waals surface area contributed by atoms with Crippen molar-refractivity contribution in [2.24, 2.45) is 0 Å². The van der Waals surface area contributed by atoms with Crippen molar-refractivity contribution in [2.45, 2.75) is 59.0 Å². The highest BCUT2D eigenvalue weighted by Crippen LogP contribution is 2.29. The summed E-state index contributed by atoms with van der Waals surface area (Å²) < 4.78 is 0. The molecule has 0 bridgehead atoms. The first-order chi connectivity index (χ1) is 16.0. The number of hydrogen-bond acceptors (Lipinski definition) is 2. The lowest BCUT2D eigenvalue weighted by atomic mass is 9.94. The molecule has 3 nitrogen and oxygen atoms in total. The summed E-state index contributed by atoms with van der Waals surface area (Å²) in [6.07, 6.45) is 7.21. The van der Waals surface area contributed by atoms with Crippen molar-refractivity contribution in [2.75, 3.05) is 5.32 Å². The van der Waals surface area contributed by atoms with Gasteiger partial charge in [0.1, 0.15) is 0 Å². The van der Waals surface area contributed by atoms with Gasteiger partial charge in [-0.25, -0.2) is 0 Å². The third-order valence-corrected chi connectivity index (χ3v) is 6.56. The first kappa shape index (κ1) is 22.8. The van der Waals surface area contributed by atoms with Crippen LogP contribution in [-0.2, 0) is 11.3 Å². The molecule has 1 amide bonds. The molecule has 4 rings (SSSR count). The molecule has 33 heavy (non-hydrogen) atoms. The maximum absolute atomic E-state index is 12.6. The number of hydrogen-bond donors (Lipinski definition) is 2. The Morgan fingerprint density at radius 2 is 1.64 bits per heavy atom. The zero-order chi connectivity index (χ0) is 23.2. The van der Waals surface area contributed by atoms with Crippen LogP contribution in [0, 0.1) is 13.8 Å². The summed E-state index contributed by atoms with van der Waals surface area (Å²) >= 11 is 0. The minimum atomic E-state index is -0.0367. The predicted molar refractivity (Wildman–Crippen MR) is 139 cm³/mol. The van der Waals surface area contributed by atoms with Gasteiger partial charge < -0.3 is 10.6 Å². The van der Waals surface area contributed by atoms with Crippen molar-refractivity contribution in [3.63, 3.8) is 0 Å². The number of benzene rings is 3. The van der Waals surface area contributed by atoms with Crippen LogP contribution < -0.4 is 10.6 Å². The smallest absolute Gasteiger partial charge is 0.247 e. The summed E-state index contributed by atoms with van der Waals surface area (Å²) in [4.78, 5) is 12.6. The monoisotopic (exact) mass is 438 g/mol. The van der Waals surface area contributed by atoms with Gasteiger partial charge in [-0.1, -0.05) is 67.4 Å². The molecule has 2 N–H and O–H groups in total. The quantitative estimate of drug-likeness (QED) is 0.388. The summed E-state index contributed by atoms with van der Waals surface area (Å²) in [6.45, 7) is 6.66. The van der Waals surface area contributed by atoms with Gasteiger partial charge in [0.2, 0.25) is 5.91 Å². The number of rotatable bonds is 7. The van der Waals surface area contributed by atoms with Crippen LogP contribution in [0.3, 0.4) is 0 Å². The van der Waals surface area contributed by atoms with Crippen LogP contribution in [-0.4, -0.2) is 11.9 Å². The van der Waals surface area contributed by atoms with Gasteiger partial charge in [-0.3, -0.25) is 4.79 Å². The van der Waals surface area contributed by atoms with E-state index in [2.05, 4.69) is 60.9 Å². The lowest BCUT2D eigenvalue weighted by molar-refractivity contribution is -0.117. The average Bonchev–Trinajstić information content (AvgIpc) is 3.34. The van der Waals surface area contributed by atoms with E-state index in [1.807, 2.05) is 43.3 Å². The number of carbonyl (C=O) groups is 1. The van der Waals surface area contributed by atoms with E-state index in [1.165, 1.54) is 53.6 Å². The van der Waals surface area contributed by atoms with Crippen LogP contribution in [0.5, 0.6) is 0 Å². The zero-order valence-electron chi connectivity index (χ0n) is 19.9. The topological polar surface area (TPSA) is 41.1 Å². The van der Waals surface area contributed by atoms with Gasteiger partial charge in [0.05, 0.1) is 0 Å². The summed E-state index contributed by atoms with van der Waals surface area (Å²) in [6, 6.07) is 23.8. The van der Waals surface area contributed by atoms with Crippen LogP contribution >= 0.6 is 0 Å². The van der Waals surface area contributed by atoms with Gasteiger partial charge >= 0.3 is 0 Å². The van der Waals surface area contributed by atoms with Crippen molar-refractivity contribution in [1.82, 2.24) is 5.32 Å². The predicted octanol–water partition coefficient (Wildman–Crippen LogP) is 7.04. The second-order valence-corrected chi connectivity index (χ2v) is 9.22. The van der Waals surface area contributed by atoms with E-state index < -0.39 is 0 Å². The fourth-order valence-corrected chi connectivity index (χ4v) is 4.57. The molecule has 1 fully saturated rings. The number of anilines is 1. The second-order valence-electron chi connectivity index (χ2n) is 9.22. The highest BCUT2D eigenvalue weighted by molar-refractivity contribution is 5.97. The van der Waals surface area contributed by atoms with E-state index in [9.17, 15) is 4.79 Å². The summed E-state index contributed by atoms with van der Waals surface area (Å²) in [5.41, 5.74) is 8.94. The van der Waals surface area contributed by atoms with Gasteiger partial charge in [0, 0.05) is 23.8 Å². The van der Waals surface area contributed by atoms with Crippen LogP contribution in [0.1, 0.15) is 54.9 Å². The van der Waals surface area contributed by atoms with Gasteiger partial charge in [-0.05, 0) is 85.2 Å². The van der Waals surface area contributed by atoms with Gasteiger partial charge in [0.15, 0.2) is 0 Å². The molecule has 0 spiro atoms. The minimum Gasteiger partial charge on any atom is -0.382 e. The molecular weight excluding hydrogens is 404 g/mol. The van der Waals surface area contributed by atoms with E-state index in [0.717, 1.165) is 11.1 Å². The SMILES string of the molecule is CC(=Cc1cc(C)c(-c2ccc(NC3CCCC3)cc2)cc1C)C(=O)NCc1ccccc1. The van der Waals surface area contributed by atoms with Gasteiger partial charge in [0.25, 0.3) is 0 Å². The molecule has 0 saturated heterocycles. The molecule has 3 aromatic carbocycles. The molecule has 0 atom stereocenters. The first-order valence-electron chi connectivity index (χ1n) is 12.0. The Balaban J connectivity index is 1.45. The van der Waals surface area contributed by atoms with Crippen molar-refractivity contribution >= 4 is 17.7 Å². The molecule has 0 heterocycles. The number of amides is 1. The van der Waals surface area contributed by atoms with Crippen molar-refractivity contribution in [3.8, 4) is 11.1 Å². The normalized spacial score (nSPS) is 14.3. The fourth-order valence-electron chi connectivity index (χ4n) is 4.57. The van der Waals surface area contributed by atoms with Crippen molar-refractivity contribution < 1.29 is 4.79 Å². The van der Waals surface area contributed by atoms with Crippen LogP contribution in [0.2, 0.25) is 0 Å². The highest BCUT2D eigenvalue weighted by atomic mass is 16.1. The molecule has 3 heteroatoms. The lowest BCUT2D eigenvalue weighted by Gasteiger charge is -2.15. The maximum Gasteiger partial charge on any atom is 0.247 e. The molecule has 1 aliphatic rings. The Hall–Kier alpha value is -3.33. The third kappa shape index (κ3) is 5.92. The Morgan fingerprint density at radius 1 is 0.939 bits per heavy atom. The molecule has 170 valence electrons. The Morgan fingerprint density at radius 3 is 2.33 bits per heavy atom. The Labute approximate surface area is 197 Å². The fraction of sp³-hybridized carbons (Fsp3) is 0.300. The Bertz CT molecular complexity index is 1120.